The SMILES string of the molecule is O=C(O)C=C1CCN(c2cccnc2[N+](=O)[O-])CC1F. The number of halogens is 1. The van der Waals surface area contributed by atoms with Crippen LogP contribution in [0.15, 0.2) is 30.0 Å². The third-order valence-electron chi connectivity index (χ3n) is 3.04. The number of hydrogen-bond donors (Lipinski definition) is 1. The number of aliphatic carboxylic acids is 1. The van der Waals surface area contributed by atoms with Gasteiger partial charge in [0.1, 0.15) is 18.1 Å². The molecule has 0 bridgehead atoms. The molecule has 0 spiro atoms. The van der Waals surface area contributed by atoms with E-state index in [0.717, 1.165) is 6.08 Å². The maximum absolute atomic E-state index is 13.9. The average Bonchev–Trinajstić information content (AvgIpc) is 2.40. The van der Waals surface area contributed by atoms with Crippen molar-refractivity contribution in [1.82, 2.24) is 4.98 Å². The number of anilines is 1. The van der Waals surface area contributed by atoms with E-state index in [2.05, 4.69) is 4.98 Å². The van der Waals surface area contributed by atoms with Crippen LogP contribution in [0, 0.1) is 10.1 Å². The van der Waals surface area contributed by atoms with Crippen LogP contribution in [0.3, 0.4) is 0 Å². The maximum atomic E-state index is 13.9. The van der Waals surface area contributed by atoms with Gasteiger partial charge in [-0.15, -0.1) is 0 Å². The molecule has 20 heavy (non-hydrogen) atoms. The smallest absolute Gasteiger partial charge is 0.387 e. The number of pyridine rings is 1. The Morgan fingerprint density at radius 2 is 2.40 bits per heavy atom. The highest BCUT2D eigenvalue weighted by atomic mass is 19.1. The number of hydrogen-bond acceptors (Lipinski definition) is 5. The number of alkyl halides is 1. The molecule has 2 rings (SSSR count). The minimum Gasteiger partial charge on any atom is -0.478 e. The van der Waals surface area contributed by atoms with Crippen LogP contribution in [-0.2, 0) is 4.79 Å². The highest BCUT2D eigenvalue weighted by molar-refractivity contribution is 5.81. The molecule has 0 aliphatic carbocycles. The predicted octanol–water partition coefficient (Wildman–Crippen LogP) is 1.55. The van der Waals surface area contributed by atoms with E-state index >= 15 is 0 Å². The van der Waals surface area contributed by atoms with E-state index in [-0.39, 0.29) is 30.0 Å². The Balaban J connectivity index is 2.22. The first kappa shape index (κ1) is 13.9. The zero-order chi connectivity index (χ0) is 14.7. The molecule has 0 aromatic carbocycles. The van der Waals surface area contributed by atoms with Gasteiger partial charge in [-0.1, -0.05) is 0 Å². The predicted molar refractivity (Wildman–Crippen MR) is 68.3 cm³/mol. The van der Waals surface area contributed by atoms with Crippen molar-refractivity contribution in [2.75, 3.05) is 18.0 Å². The first-order valence-corrected chi connectivity index (χ1v) is 5.91. The quantitative estimate of drug-likeness (QED) is 0.513. The fraction of sp³-hybridized carbons (Fsp3) is 0.333. The second-order valence-electron chi connectivity index (χ2n) is 4.32. The summed E-state index contributed by atoms with van der Waals surface area (Å²) in [6, 6.07) is 3.04. The lowest BCUT2D eigenvalue weighted by Crippen LogP contribution is -2.38. The summed E-state index contributed by atoms with van der Waals surface area (Å²) in [5.41, 5.74) is 0.440. The van der Waals surface area contributed by atoms with Crippen LogP contribution in [0.1, 0.15) is 6.42 Å². The lowest BCUT2D eigenvalue weighted by molar-refractivity contribution is -0.388. The molecule has 1 unspecified atom stereocenters. The molecule has 0 radical (unpaired) electrons. The summed E-state index contributed by atoms with van der Waals surface area (Å²) in [6.45, 7) is 0.192. The van der Waals surface area contributed by atoms with Crippen molar-refractivity contribution < 1.29 is 19.2 Å². The Morgan fingerprint density at radius 1 is 1.65 bits per heavy atom. The Hall–Kier alpha value is -2.51. The maximum Gasteiger partial charge on any atom is 0.387 e. The van der Waals surface area contributed by atoms with Crippen molar-refractivity contribution in [3.05, 3.63) is 40.1 Å². The van der Waals surface area contributed by atoms with Gasteiger partial charge in [0.2, 0.25) is 0 Å². The molecule has 7 nitrogen and oxygen atoms in total. The lowest BCUT2D eigenvalue weighted by atomic mass is 10.0. The monoisotopic (exact) mass is 281 g/mol. The van der Waals surface area contributed by atoms with E-state index in [0.29, 0.717) is 6.54 Å². The molecule has 0 saturated carbocycles. The van der Waals surface area contributed by atoms with E-state index < -0.39 is 17.1 Å². The van der Waals surface area contributed by atoms with E-state index in [1.54, 1.807) is 0 Å². The van der Waals surface area contributed by atoms with Gasteiger partial charge in [-0.25, -0.2) is 9.18 Å². The van der Waals surface area contributed by atoms with E-state index in [9.17, 15) is 19.3 Å². The molecule has 1 aromatic rings. The van der Waals surface area contributed by atoms with Gasteiger partial charge >= 0.3 is 11.8 Å². The van der Waals surface area contributed by atoms with Crippen LogP contribution >= 0.6 is 0 Å². The lowest BCUT2D eigenvalue weighted by Gasteiger charge is -2.31. The molecule has 1 fully saturated rings. The molecule has 1 N–H and O–H groups in total. The van der Waals surface area contributed by atoms with Gasteiger partial charge in [-0.3, -0.25) is 0 Å². The number of carbonyl (C=O) groups is 1. The first-order valence-electron chi connectivity index (χ1n) is 5.91. The van der Waals surface area contributed by atoms with Crippen molar-refractivity contribution in [3.63, 3.8) is 0 Å². The number of carboxylic acid groups (broad SMARTS) is 1. The standard InChI is InChI=1S/C12H12FN3O4/c13-9-7-15(5-3-8(9)6-11(17)18)10-2-1-4-14-12(10)16(19)20/h1-2,4,6,9H,3,5,7H2,(H,17,18). The number of nitro groups is 1. The van der Waals surface area contributed by atoms with Crippen LogP contribution in [0.5, 0.6) is 0 Å². The topological polar surface area (TPSA) is 96.6 Å². The number of rotatable bonds is 3. The summed E-state index contributed by atoms with van der Waals surface area (Å²) in [5, 5.41) is 19.5. The van der Waals surface area contributed by atoms with Crippen molar-refractivity contribution in [3.8, 4) is 0 Å². The van der Waals surface area contributed by atoms with Crippen molar-refractivity contribution >= 4 is 17.5 Å². The first-order chi connectivity index (χ1) is 9.49. The molecule has 8 heteroatoms. The Morgan fingerprint density at radius 3 is 3.00 bits per heavy atom. The zero-order valence-electron chi connectivity index (χ0n) is 10.4. The molecule has 1 aliphatic rings. The summed E-state index contributed by atoms with van der Waals surface area (Å²) < 4.78 is 13.9. The van der Waals surface area contributed by atoms with Crippen LogP contribution < -0.4 is 4.90 Å². The number of nitrogens with zero attached hydrogens (tertiary/aromatic N) is 3. The largest absolute Gasteiger partial charge is 0.478 e. The van der Waals surface area contributed by atoms with Crippen molar-refractivity contribution in [1.29, 1.82) is 0 Å². The van der Waals surface area contributed by atoms with Crippen LogP contribution in [-0.4, -0.2) is 40.2 Å². The van der Waals surface area contributed by atoms with Crippen LogP contribution in [0.25, 0.3) is 0 Å². The molecule has 0 amide bonds. The van der Waals surface area contributed by atoms with Crippen LogP contribution in [0.4, 0.5) is 15.9 Å². The highest BCUT2D eigenvalue weighted by Crippen LogP contribution is 2.30. The van der Waals surface area contributed by atoms with Gasteiger partial charge < -0.3 is 20.1 Å². The average molecular weight is 281 g/mol. The second kappa shape index (κ2) is 5.64. The summed E-state index contributed by atoms with van der Waals surface area (Å²) >= 11 is 0. The molecular formula is C12H12FN3O4. The fourth-order valence-electron chi connectivity index (χ4n) is 2.14. The zero-order valence-corrected chi connectivity index (χ0v) is 10.4. The number of aromatic nitrogens is 1. The van der Waals surface area contributed by atoms with Gasteiger partial charge in [-0.05, 0) is 34.0 Å². The van der Waals surface area contributed by atoms with Gasteiger partial charge in [0.15, 0.2) is 0 Å². The molecule has 1 aliphatic heterocycles. The van der Waals surface area contributed by atoms with Crippen molar-refractivity contribution in [2.24, 2.45) is 0 Å². The Labute approximate surface area is 113 Å². The Kier molecular flexibility index (Phi) is 3.92. The molecule has 1 atom stereocenters. The van der Waals surface area contributed by atoms with E-state index in [4.69, 9.17) is 5.11 Å². The van der Waals surface area contributed by atoms with Gasteiger partial charge in [0.25, 0.3) is 0 Å². The minimum atomic E-state index is -1.46. The second-order valence-corrected chi connectivity index (χ2v) is 4.32. The van der Waals surface area contributed by atoms with Crippen LogP contribution in [0.2, 0.25) is 0 Å². The molecule has 2 heterocycles. The van der Waals surface area contributed by atoms with Crippen molar-refractivity contribution in [2.45, 2.75) is 12.6 Å². The Bertz CT molecular complexity index is 576. The summed E-state index contributed by atoms with van der Waals surface area (Å²) in [4.78, 5) is 26.0. The van der Waals surface area contributed by atoms with Gasteiger partial charge in [0, 0.05) is 12.6 Å². The third-order valence-corrected chi connectivity index (χ3v) is 3.04. The third kappa shape index (κ3) is 2.90. The number of piperidine rings is 1. The number of carboxylic acids is 1. The van der Waals surface area contributed by atoms with Gasteiger partial charge in [-0.2, -0.15) is 0 Å². The summed E-state index contributed by atoms with van der Waals surface area (Å²) in [7, 11) is 0. The molecule has 1 saturated heterocycles. The van der Waals surface area contributed by atoms with Gasteiger partial charge in [0.05, 0.1) is 6.54 Å². The van der Waals surface area contributed by atoms with E-state index in [1.807, 2.05) is 0 Å². The summed E-state index contributed by atoms with van der Waals surface area (Å²) in [5.74, 6) is -1.52. The molecular weight excluding hydrogens is 269 g/mol. The highest BCUT2D eigenvalue weighted by Gasteiger charge is 2.28. The normalized spacial score (nSPS) is 20.9. The molecule has 1 aromatic heterocycles. The fourth-order valence-corrected chi connectivity index (χ4v) is 2.14. The minimum absolute atomic E-state index is 0.119. The van der Waals surface area contributed by atoms with E-state index in [1.165, 1.54) is 23.2 Å². The summed E-state index contributed by atoms with van der Waals surface area (Å²) in [6.07, 6.45) is 0.910. The molecule has 106 valence electrons.